The topological polar surface area (TPSA) is 67.4 Å². The normalized spacial score (nSPS) is 10.0. The molecule has 0 aliphatic rings. The van der Waals surface area contributed by atoms with Gasteiger partial charge in [-0.25, -0.2) is 0 Å². The van der Waals surface area contributed by atoms with Gasteiger partial charge >= 0.3 is 0 Å². The number of carbonyl (C=O) groups excluding carboxylic acids is 2. The van der Waals surface area contributed by atoms with Gasteiger partial charge in [0.15, 0.2) is 0 Å². The average Bonchev–Trinajstić information content (AvgIpc) is 2.58. The van der Waals surface area contributed by atoms with Crippen LogP contribution in [0.3, 0.4) is 0 Å². The average molecular weight is 424 g/mol. The van der Waals surface area contributed by atoms with E-state index >= 15 is 0 Å². The lowest BCUT2D eigenvalue weighted by atomic mass is 10.2. The smallest absolute Gasteiger partial charge is 0.255 e. The predicted octanol–water partition coefficient (Wildman–Crippen LogP) is 2.46. The fraction of sp³-hybridized carbons (Fsp3) is 0.176. The van der Waals surface area contributed by atoms with Gasteiger partial charge in [0.1, 0.15) is 5.75 Å². The van der Waals surface area contributed by atoms with E-state index in [9.17, 15) is 9.59 Å². The maximum Gasteiger partial charge on any atom is 0.255 e. The second-order valence-electron chi connectivity index (χ2n) is 4.69. The van der Waals surface area contributed by atoms with Gasteiger partial charge in [0.05, 0.1) is 18.2 Å². The number of ether oxygens (including phenoxy) is 1. The van der Waals surface area contributed by atoms with Crippen LogP contribution in [0.15, 0.2) is 48.5 Å². The number of amides is 2. The summed E-state index contributed by atoms with van der Waals surface area (Å²) in [7, 11) is 1.52. The first-order valence-corrected chi connectivity index (χ1v) is 8.15. The highest BCUT2D eigenvalue weighted by atomic mass is 127. The van der Waals surface area contributed by atoms with Crippen LogP contribution >= 0.6 is 22.6 Å². The molecule has 2 rings (SSSR count). The maximum atomic E-state index is 12.1. The summed E-state index contributed by atoms with van der Waals surface area (Å²) < 4.78 is 6.04. The van der Waals surface area contributed by atoms with Crippen LogP contribution in [0.4, 0.5) is 0 Å². The SMILES string of the molecule is COc1ccccc1C(=O)NCCNC(=O)c1ccccc1I. The summed E-state index contributed by atoms with van der Waals surface area (Å²) in [4.78, 5) is 24.1. The Morgan fingerprint density at radius 2 is 1.43 bits per heavy atom. The van der Waals surface area contributed by atoms with Gasteiger partial charge in [0, 0.05) is 16.7 Å². The largest absolute Gasteiger partial charge is 0.496 e. The Labute approximate surface area is 148 Å². The Hall–Kier alpha value is -2.09. The van der Waals surface area contributed by atoms with Crippen molar-refractivity contribution in [3.8, 4) is 5.75 Å². The van der Waals surface area contributed by atoms with E-state index in [0.29, 0.717) is 30.0 Å². The standard InChI is InChI=1S/C17H17IN2O3/c1-23-15-9-5-3-7-13(15)17(22)20-11-10-19-16(21)12-6-2-4-8-14(12)18/h2-9H,10-11H2,1H3,(H,19,21)(H,20,22). The van der Waals surface area contributed by atoms with E-state index in [2.05, 4.69) is 33.2 Å². The van der Waals surface area contributed by atoms with Crippen molar-refractivity contribution in [2.75, 3.05) is 20.2 Å². The molecule has 2 aromatic rings. The molecule has 0 bridgehead atoms. The number of para-hydroxylation sites is 1. The number of methoxy groups -OCH3 is 1. The number of hydrogen-bond donors (Lipinski definition) is 2. The first-order valence-electron chi connectivity index (χ1n) is 7.07. The van der Waals surface area contributed by atoms with Crippen LogP contribution in [0.1, 0.15) is 20.7 Å². The summed E-state index contributed by atoms with van der Waals surface area (Å²) in [6, 6.07) is 14.3. The van der Waals surface area contributed by atoms with E-state index in [1.807, 2.05) is 18.2 Å². The van der Waals surface area contributed by atoms with Crippen LogP contribution in [-0.4, -0.2) is 32.0 Å². The number of benzene rings is 2. The van der Waals surface area contributed by atoms with Crippen LogP contribution in [0.2, 0.25) is 0 Å². The van der Waals surface area contributed by atoms with Crippen LogP contribution in [-0.2, 0) is 0 Å². The van der Waals surface area contributed by atoms with Gasteiger partial charge in [0.2, 0.25) is 0 Å². The lowest BCUT2D eigenvalue weighted by molar-refractivity contribution is 0.0925. The molecule has 0 atom stereocenters. The zero-order chi connectivity index (χ0) is 16.7. The van der Waals surface area contributed by atoms with E-state index in [4.69, 9.17) is 4.74 Å². The van der Waals surface area contributed by atoms with E-state index in [1.165, 1.54) is 7.11 Å². The first kappa shape index (κ1) is 17.3. The molecular weight excluding hydrogens is 407 g/mol. The number of nitrogens with one attached hydrogen (secondary N) is 2. The van der Waals surface area contributed by atoms with Gasteiger partial charge in [-0.3, -0.25) is 9.59 Å². The molecule has 0 fully saturated rings. The lowest BCUT2D eigenvalue weighted by Gasteiger charge is -2.10. The summed E-state index contributed by atoms with van der Waals surface area (Å²) in [5.74, 6) is 0.139. The molecule has 23 heavy (non-hydrogen) atoms. The zero-order valence-corrected chi connectivity index (χ0v) is 14.8. The van der Waals surface area contributed by atoms with Gasteiger partial charge in [-0.15, -0.1) is 0 Å². The number of halogens is 1. The van der Waals surface area contributed by atoms with E-state index < -0.39 is 0 Å². The Morgan fingerprint density at radius 1 is 0.913 bits per heavy atom. The number of rotatable bonds is 6. The third kappa shape index (κ3) is 4.69. The monoisotopic (exact) mass is 424 g/mol. The molecule has 2 amide bonds. The summed E-state index contributed by atoms with van der Waals surface area (Å²) >= 11 is 2.12. The molecule has 5 nitrogen and oxygen atoms in total. The molecule has 0 saturated heterocycles. The van der Waals surface area contributed by atoms with Crippen molar-refractivity contribution >= 4 is 34.4 Å². The summed E-state index contributed by atoms with van der Waals surface area (Å²) in [6.45, 7) is 0.691. The Kier molecular flexibility index (Phi) is 6.40. The molecule has 0 saturated carbocycles. The molecule has 0 radical (unpaired) electrons. The molecule has 0 aliphatic carbocycles. The van der Waals surface area contributed by atoms with Crippen LogP contribution in [0.5, 0.6) is 5.75 Å². The van der Waals surface area contributed by atoms with Crippen molar-refractivity contribution in [1.82, 2.24) is 10.6 Å². The van der Waals surface area contributed by atoms with Gasteiger partial charge < -0.3 is 15.4 Å². The Morgan fingerprint density at radius 3 is 2.04 bits per heavy atom. The zero-order valence-electron chi connectivity index (χ0n) is 12.6. The third-order valence-corrected chi connectivity index (χ3v) is 4.11. The van der Waals surface area contributed by atoms with E-state index in [0.717, 1.165) is 3.57 Å². The molecule has 120 valence electrons. The highest BCUT2D eigenvalue weighted by Gasteiger charge is 2.11. The van der Waals surface area contributed by atoms with Crippen LogP contribution < -0.4 is 15.4 Å². The van der Waals surface area contributed by atoms with Gasteiger partial charge in [-0.05, 0) is 46.9 Å². The Bertz CT molecular complexity index is 704. The van der Waals surface area contributed by atoms with Crippen molar-refractivity contribution in [2.45, 2.75) is 0 Å². The summed E-state index contributed by atoms with van der Waals surface area (Å²) in [5.41, 5.74) is 1.10. The maximum absolute atomic E-state index is 12.1. The molecule has 0 aliphatic heterocycles. The summed E-state index contributed by atoms with van der Waals surface area (Å²) in [6.07, 6.45) is 0. The van der Waals surface area contributed by atoms with Crippen molar-refractivity contribution in [3.63, 3.8) is 0 Å². The fourth-order valence-electron chi connectivity index (χ4n) is 2.02. The second kappa shape index (κ2) is 8.52. The molecule has 2 aromatic carbocycles. The summed E-state index contributed by atoms with van der Waals surface area (Å²) in [5, 5.41) is 5.55. The van der Waals surface area contributed by atoms with Crippen molar-refractivity contribution in [2.24, 2.45) is 0 Å². The quantitative estimate of drug-likeness (QED) is 0.553. The number of hydrogen-bond acceptors (Lipinski definition) is 3. The van der Waals surface area contributed by atoms with Crippen molar-refractivity contribution in [1.29, 1.82) is 0 Å². The van der Waals surface area contributed by atoms with Gasteiger partial charge in [-0.2, -0.15) is 0 Å². The highest BCUT2D eigenvalue weighted by Crippen LogP contribution is 2.16. The molecule has 0 aromatic heterocycles. The molecule has 0 unspecified atom stereocenters. The third-order valence-electron chi connectivity index (χ3n) is 3.17. The van der Waals surface area contributed by atoms with Crippen LogP contribution in [0.25, 0.3) is 0 Å². The number of carbonyl (C=O) groups is 2. The predicted molar refractivity (Wildman–Crippen MR) is 96.8 cm³/mol. The first-order chi connectivity index (χ1) is 11.1. The Balaban J connectivity index is 1.82. The molecule has 6 heteroatoms. The molecule has 0 spiro atoms. The van der Waals surface area contributed by atoms with Crippen molar-refractivity contribution < 1.29 is 14.3 Å². The molecule has 2 N–H and O–H groups in total. The lowest BCUT2D eigenvalue weighted by Crippen LogP contribution is -2.35. The fourth-order valence-corrected chi connectivity index (χ4v) is 2.65. The van der Waals surface area contributed by atoms with Gasteiger partial charge in [-0.1, -0.05) is 24.3 Å². The van der Waals surface area contributed by atoms with Crippen LogP contribution in [0, 0.1) is 3.57 Å². The van der Waals surface area contributed by atoms with Crippen molar-refractivity contribution in [3.05, 3.63) is 63.2 Å². The molecule has 0 heterocycles. The molecular formula is C17H17IN2O3. The second-order valence-corrected chi connectivity index (χ2v) is 5.85. The van der Waals surface area contributed by atoms with Gasteiger partial charge in [0.25, 0.3) is 11.8 Å². The minimum absolute atomic E-state index is 0.151. The highest BCUT2D eigenvalue weighted by molar-refractivity contribution is 14.1. The minimum Gasteiger partial charge on any atom is -0.496 e. The van der Waals surface area contributed by atoms with E-state index in [-0.39, 0.29) is 11.8 Å². The minimum atomic E-state index is -0.231. The van der Waals surface area contributed by atoms with E-state index in [1.54, 1.807) is 30.3 Å².